The van der Waals surface area contributed by atoms with Crippen molar-refractivity contribution in [1.82, 2.24) is 9.55 Å². The summed E-state index contributed by atoms with van der Waals surface area (Å²) in [5, 5.41) is 0. The fraction of sp³-hybridized carbons (Fsp3) is 0.0741. The van der Waals surface area contributed by atoms with E-state index in [0.29, 0.717) is 0 Å². The number of carbonyl (C=O) groups excluding carboxylic acids is 1. The summed E-state index contributed by atoms with van der Waals surface area (Å²) in [5.74, 6) is -0.509. The summed E-state index contributed by atoms with van der Waals surface area (Å²) in [7, 11) is 0. The molecular weight excluding hydrogens is 428 g/mol. The number of rotatable bonds is 7. The van der Waals surface area contributed by atoms with Crippen LogP contribution in [-0.2, 0) is 17.9 Å². The van der Waals surface area contributed by atoms with Crippen LogP contribution in [0.15, 0.2) is 107 Å². The van der Waals surface area contributed by atoms with E-state index in [4.69, 9.17) is 5.73 Å². The minimum absolute atomic E-state index is 0.0675. The molecule has 0 aliphatic heterocycles. The van der Waals surface area contributed by atoms with E-state index in [9.17, 15) is 14.4 Å². The number of anilines is 2. The van der Waals surface area contributed by atoms with Crippen LogP contribution >= 0.6 is 0 Å². The Morgan fingerprint density at radius 3 is 2.03 bits per heavy atom. The molecule has 0 bridgehead atoms. The maximum absolute atomic E-state index is 13.3. The van der Waals surface area contributed by atoms with Crippen molar-refractivity contribution < 1.29 is 4.79 Å². The van der Waals surface area contributed by atoms with Gasteiger partial charge in [0.15, 0.2) is 5.69 Å². The monoisotopic (exact) mass is 452 g/mol. The van der Waals surface area contributed by atoms with E-state index in [1.807, 2.05) is 91.0 Å². The Labute approximate surface area is 196 Å². The number of aromatic amines is 1. The van der Waals surface area contributed by atoms with Crippen LogP contribution in [0.4, 0.5) is 11.5 Å². The molecule has 0 fully saturated rings. The molecule has 0 radical (unpaired) electrons. The number of nitrogens with one attached hydrogen (secondary N) is 1. The quantitative estimate of drug-likeness (QED) is 0.420. The molecule has 170 valence electrons. The number of aromatic nitrogens is 2. The molecule has 3 aromatic carbocycles. The van der Waals surface area contributed by atoms with Gasteiger partial charge in [0.05, 0.1) is 13.1 Å². The third kappa shape index (κ3) is 5.21. The van der Waals surface area contributed by atoms with Crippen molar-refractivity contribution in [1.29, 1.82) is 0 Å². The Kier molecular flexibility index (Phi) is 6.84. The zero-order valence-corrected chi connectivity index (χ0v) is 18.4. The Bertz CT molecular complexity index is 1410. The van der Waals surface area contributed by atoms with Crippen molar-refractivity contribution in [2.75, 3.05) is 10.6 Å². The smallest absolute Gasteiger partial charge is 0.330 e. The molecule has 0 spiro atoms. The zero-order chi connectivity index (χ0) is 23.9. The van der Waals surface area contributed by atoms with Crippen LogP contribution in [0.5, 0.6) is 0 Å². The van der Waals surface area contributed by atoms with Crippen molar-refractivity contribution in [3.63, 3.8) is 0 Å². The predicted molar refractivity (Wildman–Crippen MR) is 134 cm³/mol. The first-order valence-corrected chi connectivity index (χ1v) is 10.8. The van der Waals surface area contributed by atoms with Crippen LogP contribution in [0.1, 0.15) is 16.7 Å². The predicted octanol–water partition coefficient (Wildman–Crippen LogP) is 3.41. The molecule has 0 saturated carbocycles. The highest BCUT2D eigenvalue weighted by Gasteiger charge is 2.23. The second-order valence-corrected chi connectivity index (χ2v) is 7.72. The summed E-state index contributed by atoms with van der Waals surface area (Å²) >= 11 is 0. The number of carbonyl (C=O) groups is 1. The van der Waals surface area contributed by atoms with Crippen LogP contribution in [0.2, 0.25) is 0 Å². The summed E-state index contributed by atoms with van der Waals surface area (Å²) in [6, 6.07) is 27.9. The standard InChI is InChI=1S/C27H24N4O3/c28-25-24(26(33)29-27(34)31(25)19-22-14-8-3-9-15-22)30(18-21-12-6-2-7-13-21)23(32)17-16-20-10-4-1-5-11-20/h1-17H,18-19,28H2,(H,29,33,34)/b17-16+. The van der Waals surface area contributed by atoms with Gasteiger partial charge in [-0.1, -0.05) is 91.0 Å². The zero-order valence-electron chi connectivity index (χ0n) is 18.4. The third-order valence-electron chi connectivity index (χ3n) is 5.34. The Hall–Kier alpha value is -4.65. The van der Waals surface area contributed by atoms with Gasteiger partial charge in [0.1, 0.15) is 5.82 Å². The molecule has 1 heterocycles. The topological polar surface area (TPSA) is 101 Å². The summed E-state index contributed by atoms with van der Waals surface area (Å²) in [6.45, 7) is 0.262. The third-order valence-corrected chi connectivity index (χ3v) is 5.34. The van der Waals surface area contributed by atoms with Gasteiger partial charge < -0.3 is 5.73 Å². The van der Waals surface area contributed by atoms with Crippen LogP contribution in [0.25, 0.3) is 6.08 Å². The van der Waals surface area contributed by atoms with E-state index in [-0.39, 0.29) is 24.6 Å². The number of nitrogens with two attached hydrogens (primary N) is 1. The minimum atomic E-state index is -0.718. The number of benzene rings is 3. The second-order valence-electron chi connectivity index (χ2n) is 7.72. The highest BCUT2D eigenvalue weighted by atomic mass is 16.2. The highest BCUT2D eigenvalue weighted by Crippen LogP contribution is 2.21. The van der Waals surface area contributed by atoms with Crippen LogP contribution in [0.3, 0.4) is 0 Å². The first-order valence-electron chi connectivity index (χ1n) is 10.8. The fourth-order valence-electron chi connectivity index (χ4n) is 3.62. The number of hydrogen-bond acceptors (Lipinski definition) is 4. The van der Waals surface area contributed by atoms with Gasteiger partial charge in [0.25, 0.3) is 11.5 Å². The number of H-pyrrole nitrogens is 1. The molecule has 34 heavy (non-hydrogen) atoms. The van der Waals surface area contributed by atoms with E-state index in [1.165, 1.54) is 15.5 Å². The molecule has 7 heteroatoms. The summed E-state index contributed by atoms with van der Waals surface area (Å²) < 4.78 is 1.26. The Morgan fingerprint density at radius 2 is 1.41 bits per heavy atom. The average Bonchev–Trinajstić information content (AvgIpc) is 2.86. The number of nitrogen functional groups attached to an aromatic ring is 1. The summed E-state index contributed by atoms with van der Waals surface area (Å²) in [6.07, 6.45) is 3.06. The molecule has 3 N–H and O–H groups in total. The van der Waals surface area contributed by atoms with Gasteiger partial charge in [-0.15, -0.1) is 0 Å². The van der Waals surface area contributed by atoms with E-state index in [2.05, 4.69) is 4.98 Å². The van der Waals surface area contributed by atoms with E-state index >= 15 is 0 Å². The Balaban J connectivity index is 1.78. The van der Waals surface area contributed by atoms with Crippen LogP contribution < -0.4 is 21.9 Å². The molecule has 1 aromatic heterocycles. The molecule has 0 saturated heterocycles. The molecular formula is C27H24N4O3. The van der Waals surface area contributed by atoms with Gasteiger partial charge >= 0.3 is 5.69 Å². The molecule has 0 unspecified atom stereocenters. The van der Waals surface area contributed by atoms with Gasteiger partial charge in [0.2, 0.25) is 0 Å². The van der Waals surface area contributed by atoms with Gasteiger partial charge in [0, 0.05) is 6.08 Å². The Morgan fingerprint density at radius 1 is 0.853 bits per heavy atom. The van der Waals surface area contributed by atoms with Crippen molar-refractivity contribution in [3.8, 4) is 0 Å². The SMILES string of the molecule is Nc1c(N(Cc2ccccc2)C(=O)/C=C/c2ccccc2)c(=O)[nH]c(=O)n1Cc1ccccc1. The molecule has 0 aliphatic rings. The molecule has 7 nitrogen and oxygen atoms in total. The van der Waals surface area contributed by atoms with Crippen molar-refractivity contribution in [2.24, 2.45) is 0 Å². The molecule has 0 atom stereocenters. The first-order chi connectivity index (χ1) is 16.5. The maximum Gasteiger partial charge on any atom is 0.330 e. The largest absolute Gasteiger partial charge is 0.383 e. The van der Waals surface area contributed by atoms with Gasteiger partial charge in [-0.3, -0.25) is 24.0 Å². The molecule has 4 rings (SSSR count). The fourth-order valence-corrected chi connectivity index (χ4v) is 3.62. The van der Waals surface area contributed by atoms with E-state index in [0.717, 1.165) is 16.7 Å². The van der Waals surface area contributed by atoms with Gasteiger partial charge in [-0.2, -0.15) is 0 Å². The minimum Gasteiger partial charge on any atom is -0.383 e. The van der Waals surface area contributed by atoms with Crippen LogP contribution in [0, 0.1) is 0 Å². The van der Waals surface area contributed by atoms with Crippen molar-refractivity contribution in [2.45, 2.75) is 13.1 Å². The van der Waals surface area contributed by atoms with Gasteiger partial charge in [-0.25, -0.2) is 4.79 Å². The number of amides is 1. The van der Waals surface area contributed by atoms with Crippen molar-refractivity contribution in [3.05, 3.63) is 135 Å². The number of hydrogen-bond donors (Lipinski definition) is 2. The van der Waals surface area contributed by atoms with Gasteiger partial charge in [-0.05, 0) is 22.8 Å². The lowest BCUT2D eigenvalue weighted by molar-refractivity contribution is -0.114. The van der Waals surface area contributed by atoms with Crippen molar-refractivity contribution >= 4 is 23.5 Å². The normalized spacial score (nSPS) is 10.9. The van der Waals surface area contributed by atoms with E-state index < -0.39 is 17.2 Å². The summed E-state index contributed by atoms with van der Waals surface area (Å²) in [5.41, 5.74) is 7.42. The maximum atomic E-state index is 13.3. The lowest BCUT2D eigenvalue weighted by atomic mass is 10.2. The lowest BCUT2D eigenvalue weighted by Crippen LogP contribution is -2.40. The highest BCUT2D eigenvalue weighted by molar-refractivity contribution is 6.05. The molecule has 1 amide bonds. The molecule has 0 aliphatic carbocycles. The second kappa shape index (κ2) is 10.3. The van der Waals surface area contributed by atoms with Crippen LogP contribution in [-0.4, -0.2) is 15.5 Å². The first kappa shape index (κ1) is 22.5. The number of nitrogens with zero attached hydrogens (tertiary/aromatic N) is 2. The lowest BCUT2D eigenvalue weighted by Gasteiger charge is -2.23. The molecule has 4 aromatic rings. The van der Waals surface area contributed by atoms with E-state index in [1.54, 1.807) is 6.08 Å². The average molecular weight is 453 g/mol. The summed E-state index contributed by atoms with van der Waals surface area (Å²) in [4.78, 5) is 42.4.